The summed E-state index contributed by atoms with van der Waals surface area (Å²) in [4.78, 5) is 0. The molecule has 1 aromatic heterocycles. The van der Waals surface area contributed by atoms with Gasteiger partial charge in [-0.3, -0.25) is 0 Å². The van der Waals surface area contributed by atoms with Gasteiger partial charge in [0.05, 0.1) is 30.9 Å². The molecule has 0 amide bonds. The zero-order chi connectivity index (χ0) is 23.8. The molecular formula is C31H31O3+. The number of allylic oxidation sites excluding steroid dienone is 1. The van der Waals surface area contributed by atoms with Gasteiger partial charge in [-0.2, -0.15) is 0 Å². The second-order valence-electron chi connectivity index (χ2n) is 7.90. The zero-order valence-corrected chi connectivity index (χ0v) is 20.1. The zero-order valence-electron chi connectivity index (χ0n) is 20.1. The van der Waals surface area contributed by atoms with Crippen LogP contribution in [0.3, 0.4) is 0 Å². The first-order valence-electron chi connectivity index (χ1n) is 11.9. The maximum Gasteiger partial charge on any atom is 0.361 e. The molecule has 0 atom stereocenters. The van der Waals surface area contributed by atoms with Crippen LogP contribution in [0.4, 0.5) is 0 Å². The van der Waals surface area contributed by atoms with E-state index >= 15 is 0 Å². The van der Waals surface area contributed by atoms with Crippen molar-refractivity contribution in [1.82, 2.24) is 0 Å². The van der Waals surface area contributed by atoms with Crippen molar-refractivity contribution in [2.75, 3.05) is 13.2 Å². The maximum absolute atomic E-state index is 6.39. The van der Waals surface area contributed by atoms with Gasteiger partial charge < -0.3 is 9.47 Å². The lowest BCUT2D eigenvalue weighted by Crippen LogP contribution is -1.99. The highest BCUT2D eigenvalue weighted by Gasteiger charge is 2.19. The summed E-state index contributed by atoms with van der Waals surface area (Å²) in [7, 11) is 0. The second-order valence-corrected chi connectivity index (χ2v) is 7.90. The minimum atomic E-state index is 0.587. The van der Waals surface area contributed by atoms with Crippen LogP contribution in [-0.4, -0.2) is 13.2 Å². The summed E-state index contributed by atoms with van der Waals surface area (Å²) < 4.78 is 18.0. The molecule has 3 heteroatoms. The van der Waals surface area contributed by atoms with Gasteiger partial charge in [0.15, 0.2) is 11.5 Å². The first-order valence-corrected chi connectivity index (χ1v) is 11.9. The van der Waals surface area contributed by atoms with Crippen LogP contribution in [0.5, 0.6) is 11.5 Å². The Hall–Kier alpha value is -3.85. The van der Waals surface area contributed by atoms with E-state index in [2.05, 4.69) is 73.7 Å². The fourth-order valence-corrected chi connectivity index (χ4v) is 3.95. The Morgan fingerprint density at radius 1 is 0.676 bits per heavy atom. The molecule has 172 valence electrons. The molecule has 0 aliphatic rings. The summed E-state index contributed by atoms with van der Waals surface area (Å²) in [5.41, 5.74) is 5.58. The van der Waals surface area contributed by atoms with Gasteiger partial charge in [0.1, 0.15) is 0 Å². The third kappa shape index (κ3) is 5.55. The van der Waals surface area contributed by atoms with E-state index in [1.165, 1.54) is 0 Å². The van der Waals surface area contributed by atoms with Crippen LogP contribution >= 0.6 is 0 Å². The summed E-state index contributed by atoms with van der Waals surface area (Å²) in [6, 6.07) is 31.0. The van der Waals surface area contributed by atoms with Gasteiger partial charge >= 0.3 is 11.5 Å². The van der Waals surface area contributed by atoms with E-state index in [1.54, 1.807) is 0 Å². The molecule has 0 N–H and O–H groups in total. The molecule has 0 radical (unpaired) electrons. The van der Waals surface area contributed by atoms with Gasteiger partial charge in [0.25, 0.3) is 0 Å². The lowest BCUT2D eigenvalue weighted by molar-refractivity contribution is 0.287. The van der Waals surface area contributed by atoms with Gasteiger partial charge in [-0.05, 0) is 61.2 Å². The van der Waals surface area contributed by atoms with Crippen LogP contribution < -0.4 is 9.47 Å². The molecule has 0 saturated carbocycles. The molecule has 0 aliphatic carbocycles. The van der Waals surface area contributed by atoms with Crippen LogP contribution in [0.1, 0.15) is 38.5 Å². The topological polar surface area (TPSA) is 29.8 Å². The number of benzene rings is 3. The molecule has 4 aromatic rings. The normalized spacial score (nSPS) is 11.3. The molecule has 4 rings (SSSR count). The minimum absolute atomic E-state index is 0.587. The van der Waals surface area contributed by atoms with Crippen molar-refractivity contribution in [2.45, 2.75) is 27.2 Å². The highest BCUT2D eigenvalue weighted by atomic mass is 16.5. The van der Waals surface area contributed by atoms with Gasteiger partial charge in [-0.1, -0.05) is 61.5 Å². The van der Waals surface area contributed by atoms with Gasteiger partial charge in [0, 0.05) is 11.6 Å². The van der Waals surface area contributed by atoms with Crippen LogP contribution in [0.15, 0.2) is 95.4 Å². The van der Waals surface area contributed by atoms with Gasteiger partial charge in [-0.25, -0.2) is 4.42 Å². The average molecular weight is 452 g/mol. The summed E-state index contributed by atoms with van der Waals surface area (Å²) in [5, 5.41) is 0. The molecule has 0 saturated heterocycles. The van der Waals surface area contributed by atoms with E-state index in [4.69, 9.17) is 13.9 Å². The minimum Gasteiger partial charge on any atom is -0.490 e. The molecule has 0 aliphatic heterocycles. The fourth-order valence-electron chi connectivity index (χ4n) is 3.95. The third-order valence-corrected chi connectivity index (χ3v) is 5.59. The monoisotopic (exact) mass is 451 g/mol. The van der Waals surface area contributed by atoms with E-state index in [9.17, 15) is 0 Å². The number of hydrogen-bond acceptors (Lipinski definition) is 2. The van der Waals surface area contributed by atoms with Crippen molar-refractivity contribution in [2.24, 2.45) is 0 Å². The Bertz CT molecular complexity index is 1190. The molecule has 3 nitrogen and oxygen atoms in total. The van der Waals surface area contributed by atoms with E-state index in [0.29, 0.717) is 13.2 Å². The van der Waals surface area contributed by atoms with E-state index in [0.717, 1.165) is 57.3 Å². The van der Waals surface area contributed by atoms with Crippen LogP contribution in [0, 0.1) is 0 Å². The summed E-state index contributed by atoms with van der Waals surface area (Å²) in [5.74, 6) is 3.18. The van der Waals surface area contributed by atoms with Gasteiger partial charge in [0.2, 0.25) is 0 Å². The van der Waals surface area contributed by atoms with Crippen molar-refractivity contribution in [3.05, 3.63) is 102 Å². The Kier molecular flexibility index (Phi) is 7.77. The SMILES string of the molecule is CCOc1ccc(/C(=C/c2cc(-c3ccccc3)cc(-c3ccccc3)[o+]2)CC)cc1OCC. The largest absolute Gasteiger partial charge is 0.490 e. The Morgan fingerprint density at radius 2 is 1.32 bits per heavy atom. The van der Waals surface area contributed by atoms with Crippen LogP contribution in [0.2, 0.25) is 0 Å². The van der Waals surface area contributed by atoms with Crippen molar-refractivity contribution in [3.8, 4) is 33.9 Å². The second kappa shape index (κ2) is 11.3. The van der Waals surface area contributed by atoms with Crippen LogP contribution in [-0.2, 0) is 0 Å². The fraction of sp³-hybridized carbons (Fsp3) is 0.194. The van der Waals surface area contributed by atoms with E-state index in [1.807, 2.05) is 44.2 Å². The molecular weight excluding hydrogens is 420 g/mol. The van der Waals surface area contributed by atoms with Crippen molar-refractivity contribution in [3.63, 3.8) is 0 Å². The summed E-state index contributed by atoms with van der Waals surface area (Å²) in [6.07, 6.45) is 2.98. The number of rotatable bonds is 9. The van der Waals surface area contributed by atoms with Gasteiger partial charge in [-0.15, -0.1) is 0 Å². The molecule has 34 heavy (non-hydrogen) atoms. The quantitative estimate of drug-likeness (QED) is 0.239. The maximum atomic E-state index is 6.39. The van der Waals surface area contributed by atoms with Crippen molar-refractivity contribution in [1.29, 1.82) is 0 Å². The van der Waals surface area contributed by atoms with Crippen molar-refractivity contribution < 1.29 is 13.9 Å². The lowest BCUT2D eigenvalue weighted by atomic mass is 10.00. The first-order chi connectivity index (χ1) is 16.7. The molecule has 0 unspecified atom stereocenters. The average Bonchev–Trinajstić information content (AvgIpc) is 2.89. The summed E-state index contributed by atoms with van der Waals surface area (Å²) >= 11 is 0. The lowest BCUT2D eigenvalue weighted by Gasteiger charge is -2.13. The Labute approximate surface area is 202 Å². The molecule has 1 heterocycles. The van der Waals surface area contributed by atoms with E-state index in [-0.39, 0.29) is 0 Å². The molecule has 3 aromatic carbocycles. The molecule has 0 spiro atoms. The predicted octanol–water partition coefficient (Wildman–Crippen LogP) is 8.64. The highest BCUT2D eigenvalue weighted by Crippen LogP contribution is 2.34. The molecule has 0 fully saturated rings. The standard InChI is InChI=1S/C31H31O3/c1-4-23(26-17-18-29(32-5-2)31(21-26)33-6-3)19-28-20-27(24-13-9-7-10-14-24)22-30(34-28)25-15-11-8-12-16-25/h7-22H,4-6H2,1-3H3/q+1/b23-19+. The molecule has 0 bridgehead atoms. The Balaban J connectivity index is 1.80. The predicted molar refractivity (Wildman–Crippen MR) is 141 cm³/mol. The Morgan fingerprint density at radius 3 is 1.97 bits per heavy atom. The highest BCUT2D eigenvalue weighted by molar-refractivity contribution is 5.82. The number of hydrogen-bond donors (Lipinski definition) is 0. The van der Waals surface area contributed by atoms with Crippen molar-refractivity contribution >= 4 is 11.6 Å². The smallest absolute Gasteiger partial charge is 0.361 e. The third-order valence-electron chi connectivity index (χ3n) is 5.59. The number of ether oxygens (including phenoxy) is 2. The summed E-state index contributed by atoms with van der Waals surface area (Å²) in [6.45, 7) is 7.30. The van der Waals surface area contributed by atoms with E-state index < -0.39 is 0 Å². The van der Waals surface area contributed by atoms with Crippen LogP contribution in [0.25, 0.3) is 34.1 Å². The first kappa shape index (κ1) is 23.3.